The molecule has 18 heteroatoms. The van der Waals surface area contributed by atoms with E-state index in [-0.39, 0.29) is 51.6 Å². The fourth-order valence-electron chi connectivity index (χ4n) is 7.84. The third-order valence-electron chi connectivity index (χ3n) is 11.1. The summed E-state index contributed by atoms with van der Waals surface area (Å²) >= 11 is 7.79. The van der Waals surface area contributed by atoms with Gasteiger partial charge in [0.05, 0.1) is 53.7 Å². The first-order valence-corrected chi connectivity index (χ1v) is 22.2. The first-order valence-electron chi connectivity index (χ1n) is 20.9. The molecule has 5 aromatic rings. The van der Waals surface area contributed by atoms with Crippen molar-refractivity contribution in [1.29, 1.82) is 0 Å². The van der Waals surface area contributed by atoms with Crippen LogP contribution in [-0.4, -0.2) is 111 Å². The number of halogens is 1. The van der Waals surface area contributed by atoms with Gasteiger partial charge in [-0.05, 0) is 60.7 Å². The predicted octanol–water partition coefficient (Wildman–Crippen LogP) is 4.89. The fourth-order valence-corrected chi connectivity index (χ4v) is 8.77. The number of aryl methyl sites for hydroxylation is 2. The first-order chi connectivity index (χ1) is 30.6. The number of nitrogens with one attached hydrogen (secondary N) is 3. The van der Waals surface area contributed by atoms with Crippen LogP contribution >= 0.6 is 22.9 Å². The molecule has 0 spiro atoms. The Morgan fingerprint density at radius 2 is 1.70 bits per heavy atom. The number of aliphatic hydroxyl groups excluding tert-OH is 1. The number of nitrogens with zero attached hydrogens (tertiary/aromatic N) is 6. The number of likely N-dealkylation sites (tertiary alicyclic amines) is 1. The Bertz CT molecular complexity index is 2530. The number of fused-ring (bicyclic) bond motifs is 3. The Morgan fingerprint density at radius 1 is 0.969 bits per heavy atom. The maximum Gasteiger partial charge on any atom is 0.246 e. The van der Waals surface area contributed by atoms with Crippen molar-refractivity contribution in [3.63, 3.8) is 0 Å². The molecule has 1 fully saturated rings. The molecule has 0 radical (unpaired) electrons. The van der Waals surface area contributed by atoms with Crippen LogP contribution in [0, 0.1) is 19.3 Å². The molecule has 1 saturated heterocycles. The number of carbonyl (C=O) groups excluding carboxylic acids is 4. The summed E-state index contributed by atoms with van der Waals surface area (Å²) in [5.74, 6) is 0.00739. The molecule has 0 saturated carbocycles. The number of aliphatic imine (C=N–C) groups is 1. The van der Waals surface area contributed by atoms with Gasteiger partial charge in [0.1, 0.15) is 36.3 Å². The predicted molar refractivity (Wildman–Crippen MR) is 243 cm³/mol. The highest BCUT2D eigenvalue weighted by Gasteiger charge is 2.44. The minimum absolute atomic E-state index is 0.00590. The molecule has 3 aromatic carbocycles. The monoisotopic (exact) mass is 909 g/mol. The van der Waals surface area contributed by atoms with Crippen LogP contribution in [0.25, 0.3) is 16.1 Å². The Hall–Kier alpha value is -6.01. The van der Waals surface area contributed by atoms with Gasteiger partial charge in [0.15, 0.2) is 5.82 Å². The number of β-amino-alcohol motifs (C(OH)–C–C–N with tert-alkyl or cyclic N) is 1. The lowest BCUT2D eigenvalue weighted by Gasteiger charge is -2.35. The van der Waals surface area contributed by atoms with E-state index in [4.69, 9.17) is 26.1 Å². The van der Waals surface area contributed by atoms with Gasteiger partial charge in [-0.1, -0.05) is 68.8 Å². The summed E-state index contributed by atoms with van der Waals surface area (Å²) in [4.78, 5) is 66.0. The van der Waals surface area contributed by atoms with E-state index in [0.717, 1.165) is 38.5 Å². The van der Waals surface area contributed by atoms with E-state index in [1.807, 2.05) is 73.0 Å². The molecule has 2 aromatic heterocycles. The molecule has 2 aliphatic heterocycles. The number of carbonyl (C=O) groups is 4. The standard InChI is InChI=1S/C46H52ClN9O7S/c1-26-41(64-25-50-26)30-9-7-28(8-10-30)22-49-44(60)37-19-32(57)23-55(37)45(61)42(46(3,4)5)52-39(59)24-63-18-17-48-38(58)21-35-43-54-53-27(2)56(43)36-16-15-33(62-6)20-34(36)40(51-35)29-11-13-31(47)14-12-29/h7-16,20,25,32,35,37,42,57H,17-19,21-24H2,1-6H3,(H,48,58)(H,49,60)(H,52,59)/t32-,35?,37+,42-/m1/s1. The molecular weight excluding hydrogens is 858 g/mol. The van der Waals surface area contributed by atoms with Crippen LogP contribution in [0.4, 0.5) is 0 Å². The minimum atomic E-state index is -1.03. The van der Waals surface area contributed by atoms with E-state index in [1.165, 1.54) is 4.90 Å². The molecule has 1 unspecified atom stereocenters. The second-order valence-corrected chi connectivity index (χ2v) is 18.2. The van der Waals surface area contributed by atoms with Gasteiger partial charge in [-0.25, -0.2) is 4.98 Å². The maximum absolute atomic E-state index is 14.1. The summed E-state index contributed by atoms with van der Waals surface area (Å²) in [5, 5.41) is 28.5. The third-order valence-corrected chi connectivity index (χ3v) is 12.4. The highest BCUT2D eigenvalue weighted by Crippen LogP contribution is 2.35. The molecule has 4 amide bonds. The van der Waals surface area contributed by atoms with Crippen molar-refractivity contribution in [2.75, 3.05) is 33.4 Å². The second-order valence-electron chi connectivity index (χ2n) is 16.9. The lowest BCUT2D eigenvalue weighted by molar-refractivity contribution is -0.144. The maximum atomic E-state index is 14.1. The Morgan fingerprint density at radius 3 is 2.39 bits per heavy atom. The number of benzene rings is 3. The van der Waals surface area contributed by atoms with Crippen molar-refractivity contribution in [2.24, 2.45) is 10.4 Å². The number of hydrogen-bond acceptors (Lipinski definition) is 12. The number of methoxy groups -OCH3 is 1. The Kier molecular flexibility index (Phi) is 14.2. The van der Waals surface area contributed by atoms with E-state index < -0.39 is 47.4 Å². The smallest absolute Gasteiger partial charge is 0.246 e. The SMILES string of the molecule is COc1ccc2c(c1)C(c1ccc(Cl)cc1)=NC(CC(=O)NCCOCC(=O)N[C@H](C(=O)N1C[C@H](O)C[C@H]1C(=O)NCc1ccc(-c3scnc3C)cc1)C(C)(C)C)c1nnc(C)n1-2. The van der Waals surface area contributed by atoms with Gasteiger partial charge in [-0.2, -0.15) is 0 Å². The highest BCUT2D eigenvalue weighted by molar-refractivity contribution is 7.13. The van der Waals surface area contributed by atoms with E-state index in [9.17, 15) is 24.3 Å². The molecule has 7 rings (SSSR count). The second kappa shape index (κ2) is 19.8. The molecule has 0 bridgehead atoms. The number of hydrogen-bond donors (Lipinski definition) is 4. The van der Waals surface area contributed by atoms with Gasteiger partial charge in [0.2, 0.25) is 23.6 Å². The van der Waals surface area contributed by atoms with E-state index in [1.54, 1.807) is 56.9 Å². The molecule has 4 heterocycles. The molecule has 64 heavy (non-hydrogen) atoms. The van der Waals surface area contributed by atoms with Crippen LogP contribution in [0.15, 0.2) is 77.2 Å². The van der Waals surface area contributed by atoms with Crippen molar-refractivity contribution < 1.29 is 33.8 Å². The number of aromatic nitrogens is 4. The van der Waals surface area contributed by atoms with Gasteiger partial charge in [-0.3, -0.25) is 28.7 Å². The normalized spacial score (nSPS) is 17.4. The number of amides is 4. The fraction of sp³-hybridized carbons (Fsp3) is 0.391. The highest BCUT2D eigenvalue weighted by atomic mass is 35.5. The van der Waals surface area contributed by atoms with Crippen molar-refractivity contribution in [2.45, 2.75) is 78.2 Å². The summed E-state index contributed by atoms with van der Waals surface area (Å²) in [5.41, 5.74) is 6.91. The number of thiazole rings is 1. The number of aliphatic hydroxyl groups is 1. The van der Waals surface area contributed by atoms with Crippen LogP contribution in [-0.2, 0) is 30.5 Å². The molecule has 336 valence electrons. The van der Waals surface area contributed by atoms with Crippen LogP contribution in [0.3, 0.4) is 0 Å². The summed E-state index contributed by atoms with van der Waals surface area (Å²) in [6, 6.07) is 18.1. The average molecular weight is 910 g/mol. The van der Waals surface area contributed by atoms with Crippen molar-refractivity contribution in [1.82, 2.24) is 40.6 Å². The number of rotatable bonds is 15. The summed E-state index contributed by atoms with van der Waals surface area (Å²) in [6.45, 7) is 9.12. The average Bonchev–Trinajstić information content (AvgIpc) is 3.98. The topological polar surface area (TPSA) is 202 Å². The van der Waals surface area contributed by atoms with E-state index >= 15 is 0 Å². The molecule has 4 atom stereocenters. The van der Waals surface area contributed by atoms with E-state index in [2.05, 4.69) is 31.1 Å². The van der Waals surface area contributed by atoms with Gasteiger partial charge >= 0.3 is 0 Å². The third kappa shape index (κ3) is 10.5. The zero-order chi connectivity index (χ0) is 45.7. The lowest BCUT2D eigenvalue weighted by atomic mass is 9.85. The van der Waals surface area contributed by atoms with Gasteiger partial charge < -0.3 is 35.4 Å². The largest absolute Gasteiger partial charge is 0.497 e. The molecule has 4 N–H and O–H groups in total. The molecule has 2 aliphatic rings. The molecule has 16 nitrogen and oxygen atoms in total. The van der Waals surface area contributed by atoms with Gasteiger partial charge in [0, 0.05) is 42.2 Å². The zero-order valence-corrected chi connectivity index (χ0v) is 38.1. The zero-order valence-electron chi connectivity index (χ0n) is 36.6. The quantitative estimate of drug-likeness (QED) is 0.105. The van der Waals surface area contributed by atoms with Crippen LogP contribution in [0.2, 0.25) is 5.02 Å². The first kappa shape index (κ1) is 46.0. The molecular formula is C46H52ClN9O7S. The van der Waals surface area contributed by atoms with Crippen LogP contribution in [0.5, 0.6) is 5.75 Å². The summed E-state index contributed by atoms with van der Waals surface area (Å²) < 4.78 is 13.1. The minimum Gasteiger partial charge on any atom is -0.497 e. The van der Waals surface area contributed by atoms with Crippen molar-refractivity contribution in [3.05, 3.63) is 111 Å². The van der Waals surface area contributed by atoms with Crippen molar-refractivity contribution >= 4 is 52.3 Å². The number of ether oxygens (including phenoxy) is 2. The van der Waals surface area contributed by atoms with Gasteiger partial charge in [0.25, 0.3) is 0 Å². The van der Waals surface area contributed by atoms with Crippen molar-refractivity contribution in [3.8, 4) is 21.9 Å². The summed E-state index contributed by atoms with van der Waals surface area (Å²) in [6.07, 6.45) is -0.888. The lowest BCUT2D eigenvalue weighted by Crippen LogP contribution is -2.58. The van der Waals surface area contributed by atoms with Gasteiger partial charge in [-0.15, -0.1) is 21.5 Å². The molecule has 0 aliphatic carbocycles. The van der Waals surface area contributed by atoms with E-state index in [0.29, 0.717) is 28.1 Å². The van der Waals surface area contributed by atoms with Crippen LogP contribution in [0.1, 0.15) is 73.7 Å². The Labute approximate surface area is 380 Å². The van der Waals surface area contributed by atoms with Crippen LogP contribution < -0.4 is 20.7 Å². The Balaban J connectivity index is 0.925. The summed E-state index contributed by atoms with van der Waals surface area (Å²) in [7, 11) is 1.59.